The molecule has 2 atom stereocenters. The van der Waals surface area contributed by atoms with E-state index in [2.05, 4.69) is 53.2 Å². The zero-order chi connectivity index (χ0) is 50.1. The first kappa shape index (κ1) is 52.7. The second-order valence-electron chi connectivity index (χ2n) is 16.0. The van der Waals surface area contributed by atoms with Crippen LogP contribution in [0.5, 0.6) is 11.5 Å². The molecule has 20 nitrogen and oxygen atoms in total. The number of nitrogens with one attached hydrogen (secondary N) is 12. The van der Waals surface area contributed by atoms with E-state index in [0.717, 1.165) is 12.1 Å². The number of carbonyl (C=O) groups excluding carboxylic acids is 4. The smallest absolute Gasteiger partial charge is 0.416 e. The lowest BCUT2D eigenvalue weighted by Gasteiger charge is -2.22. The molecule has 0 radical (unpaired) electrons. The van der Waals surface area contributed by atoms with Gasteiger partial charge in [0.2, 0.25) is 17.7 Å². The molecule has 3 aromatic carbocycles. The summed E-state index contributed by atoms with van der Waals surface area (Å²) in [5, 5.41) is 41.0. The first-order valence-corrected chi connectivity index (χ1v) is 22.0. The van der Waals surface area contributed by atoms with Crippen LogP contribution in [-0.2, 0) is 26.7 Å². The van der Waals surface area contributed by atoms with Crippen molar-refractivity contribution in [3.05, 3.63) is 59.7 Å². The van der Waals surface area contributed by atoms with Gasteiger partial charge in [0.25, 0.3) is 0 Å². The number of urea groups is 1. The fourth-order valence-corrected chi connectivity index (χ4v) is 7.03. The molecule has 2 heterocycles. The molecule has 16 N–H and O–H groups in total. The van der Waals surface area contributed by atoms with Crippen LogP contribution < -0.4 is 74.1 Å². The van der Waals surface area contributed by atoms with Gasteiger partial charge in [-0.2, -0.15) is 26.3 Å². The third-order valence-electron chi connectivity index (χ3n) is 10.4. The van der Waals surface area contributed by atoms with Crippen LogP contribution in [0.2, 0.25) is 0 Å². The Morgan fingerprint density at radius 3 is 1.39 bits per heavy atom. The number of alkyl halides is 6. The number of rotatable bonds is 22. The molecule has 2 aliphatic rings. The average molecular weight is 979 g/mol. The van der Waals surface area contributed by atoms with Crippen LogP contribution in [0.4, 0.5) is 65.3 Å². The Bertz CT molecular complexity index is 2290. The minimum absolute atomic E-state index is 0.0675. The van der Waals surface area contributed by atoms with E-state index >= 15 is 0 Å². The highest BCUT2D eigenvalue weighted by molar-refractivity contribution is 6.03. The normalized spacial score (nSPS) is 15.6. The highest BCUT2D eigenvalue weighted by Crippen LogP contribution is 2.43. The quantitative estimate of drug-likeness (QED) is 0.0271. The summed E-state index contributed by atoms with van der Waals surface area (Å²) in [5.74, 6) is -2.85. The summed E-state index contributed by atoms with van der Waals surface area (Å²) in [5.41, 5.74) is 7.37. The predicted molar refractivity (Wildman–Crippen MR) is 248 cm³/mol. The maximum Gasteiger partial charge on any atom is 0.416 e. The number of carbonyl (C=O) groups is 4. The largest absolute Gasteiger partial charge is 0.485 e. The molecule has 0 bridgehead atoms. The molecule has 2 fully saturated rings. The summed E-state index contributed by atoms with van der Waals surface area (Å²) in [7, 11) is 0. The first-order chi connectivity index (χ1) is 32.7. The molecule has 0 saturated carbocycles. The van der Waals surface area contributed by atoms with Crippen molar-refractivity contribution >= 4 is 69.8 Å². The molecule has 0 spiro atoms. The van der Waals surface area contributed by atoms with E-state index in [0.29, 0.717) is 95.6 Å². The van der Waals surface area contributed by atoms with Gasteiger partial charge in [0.05, 0.1) is 40.4 Å². The Balaban J connectivity index is 1.26. The summed E-state index contributed by atoms with van der Waals surface area (Å²) in [6.07, 6.45) is -8.33. The van der Waals surface area contributed by atoms with Gasteiger partial charge >= 0.3 is 18.4 Å². The Kier molecular flexibility index (Phi) is 18.9. The zero-order valence-corrected chi connectivity index (χ0v) is 37.3. The van der Waals surface area contributed by atoms with Crippen LogP contribution in [-0.4, -0.2) is 93.7 Å². The lowest BCUT2D eigenvalue weighted by molar-refractivity contribution is -0.138. The van der Waals surface area contributed by atoms with E-state index in [1.807, 2.05) is 0 Å². The number of halogens is 6. The Labute approximate surface area is 392 Å². The molecular formula is C43H56F6N14O6. The Morgan fingerprint density at radius 2 is 1.00 bits per heavy atom. The summed E-state index contributed by atoms with van der Waals surface area (Å²) >= 11 is 0. The van der Waals surface area contributed by atoms with E-state index < -0.39 is 66.0 Å². The van der Waals surface area contributed by atoms with Crippen molar-refractivity contribution in [2.24, 2.45) is 11.5 Å². The van der Waals surface area contributed by atoms with Crippen molar-refractivity contribution in [3.8, 4) is 11.5 Å². The van der Waals surface area contributed by atoms with Gasteiger partial charge in [-0.15, -0.1) is 0 Å². The van der Waals surface area contributed by atoms with Crippen molar-refractivity contribution in [2.45, 2.75) is 75.9 Å². The molecule has 2 aliphatic heterocycles. The van der Waals surface area contributed by atoms with Gasteiger partial charge in [-0.25, -0.2) is 4.79 Å². The Hall–Kier alpha value is -7.22. The van der Waals surface area contributed by atoms with Crippen molar-refractivity contribution in [1.29, 1.82) is 10.8 Å². The standard InChI is InChI=1S/C43H56F6N14O6/c44-42(45,46)24-17-30(60-34(64)5-1-3-13-56-39(50)51)37(68-28-11-15-54-21-28)32(19-24)62-36(66)23-58-26-7-9-27(10-8-26)59-41(67)63-33-20-25(43(47,48)49)18-31(38(33)69-29-12-16-55-22-29)61-35(65)6-2-4-14-57-40(52)53/h7-10,17-20,28-29,54-55,58H,1-6,11-16,21-23H2,(H,60,64)(H,61,65)(H,62,66)(H4,50,51,56)(H4,52,53,57)(H2,59,63,67). The van der Waals surface area contributed by atoms with Crippen LogP contribution in [0, 0.1) is 10.8 Å². The number of unbranched alkanes of at least 4 members (excludes halogenated alkanes) is 2. The molecular weight excluding hydrogens is 923 g/mol. The number of hydrogen-bond acceptors (Lipinski definition) is 11. The molecule has 5 amide bonds. The molecule has 3 aromatic rings. The molecule has 376 valence electrons. The second kappa shape index (κ2) is 24.7. The number of nitrogens with two attached hydrogens (primary N) is 2. The van der Waals surface area contributed by atoms with Gasteiger partial charge in [0.15, 0.2) is 23.4 Å². The molecule has 0 aromatic heterocycles. The topological polar surface area (TPSA) is 307 Å². The average Bonchev–Trinajstić information content (AvgIpc) is 3.99. The number of benzene rings is 3. The van der Waals surface area contributed by atoms with E-state index in [9.17, 15) is 45.5 Å². The molecule has 0 aliphatic carbocycles. The number of guanidine groups is 2. The summed E-state index contributed by atoms with van der Waals surface area (Å²) in [4.78, 5) is 52.4. The van der Waals surface area contributed by atoms with Crippen molar-refractivity contribution in [2.75, 3.05) is 77.7 Å². The third-order valence-corrected chi connectivity index (χ3v) is 10.4. The number of ether oxygens (including phenoxy) is 2. The number of amides is 5. The highest BCUT2D eigenvalue weighted by atomic mass is 19.4. The van der Waals surface area contributed by atoms with Crippen molar-refractivity contribution < 1.29 is 55.0 Å². The molecule has 26 heteroatoms. The van der Waals surface area contributed by atoms with E-state index in [4.69, 9.17) is 31.8 Å². The van der Waals surface area contributed by atoms with Crippen LogP contribution in [0.3, 0.4) is 0 Å². The summed E-state index contributed by atoms with van der Waals surface area (Å²) < 4.78 is 97.1. The molecule has 69 heavy (non-hydrogen) atoms. The summed E-state index contributed by atoms with van der Waals surface area (Å²) in [6, 6.07) is 7.62. The lowest BCUT2D eigenvalue weighted by atomic mass is 10.1. The molecule has 2 saturated heterocycles. The van der Waals surface area contributed by atoms with Gasteiger partial charge < -0.3 is 74.1 Å². The monoisotopic (exact) mass is 978 g/mol. The third kappa shape index (κ3) is 17.4. The minimum Gasteiger partial charge on any atom is -0.485 e. The Morgan fingerprint density at radius 1 is 0.594 bits per heavy atom. The van der Waals surface area contributed by atoms with E-state index in [-0.39, 0.29) is 64.7 Å². The minimum atomic E-state index is -4.88. The number of anilines is 6. The van der Waals surface area contributed by atoms with Crippen LogP contribution in [0.15, 0.2) is 48.5 Å². The van der Waals surface area contributed by atoms with Gasteiger partial charge in [-0.05, 0) is 100 Å². The van der Waals surface area contributed by atoms with E-state index in [1.54, 1.807) is 0 Å². The van der Waals surface area contributed by atoms with Gasteiger partial charge in [-0.1, -0.05) is 0 Å². The van der Waals surface area contributed by atoms with E-state index in [1.165, 1.54) is 24.3 Å². The van der Waals surface area contributed by atoms with Crippen molar-refractivity contribution in [1.82, 2.24) is 21.3 Å². The first-order valence-electron chi connectivity index (χ1n) is 22.0. The highest BCUT2D eigenvalue weighted by Gasteiger charge is 2.35. The van der Waals surface area contributed by atoms with Crippen LogP contribution >= 0.6 is 0 Å². The van der Waals surface area contributed by atoms with Gasteiger partial charge in [-0.3, -0.25) is 25.2 Å². The fourth-order valence-electron chi connectivity index (χ4n) is 7.03. The predicted octanol–water partition coefficient (Wildman–Crippen LogP) is 5.08. The van der Waals surface area contributed by atoms with Crippen LogP contribution in [0.25, 0.3) is 0 Å². The second-order valence-corrected chi connectivity index (χ2v) is 16.0. The molecule has 5 rings (SSSR count). The SMILES string of the molecule is N=C(N)NCCCCC(=O)Nc1cc(C(F)(F)F)cc(NC(=O)CNc2ccc(NC(=O)Nc3cc(C(F)(F)F)cc(NC(=O)CCCCNC(=N)N)c3OC3CCNC3)cc2)c1OC1CCNC1. The van der Waals surface area contributed by atoms with Crippen molar-refractivity contribution in [3.63, 3.8) is 0 Å². The molecule has 2 unspecified atom stereocenters. The zero-order valence-electron chi connectivity index (χ0n) is 37.3. The maximum absolute atomic E-state index is 14.2. The maximum atomic E-state index is 14.2. The fraction of sp³-hybridized carbons (Fsp3) is 0.442. The van der Waals surface area contributed by atoms with Gasteiger partial charge in [0, 0.05) is 50.4 Å². The summed E-state index contributed by atoms with van der Waals surface area (Å²) in [6.45, 7) is 2.03. The lowest BCUT2D eigenvalue weighted by Crippen LogP contribution is -2.31. The number of hydrogen-bond donors (Lipinski definition) is 14. The van der Waals surface area contributed by atoms with Crippen LogP contribution in [0.1, 0.15) is 62.5 Å². The van der Waals surface area contributed by atoms with Gasteiger partial charge in [0.1, 0.15) is 12.2 Å².